The molecule has 0 radical (unpaired) electrons. The second-order valence-electron chi connectivity index (χ2n) is 7.25. The van der Waals surface area contributed by atoms with Crippen LogP contribution in [0.2, 0.25) is 5.02 Å². The van der Waals surface area contributed by atoms with Crippen molar-refractivity contribution >= 4 is 23.4 Å². The maximum atomic E-state index is 13.1. The van der Waals surface area contributed by atoms with Crippen molar-refractivity contribution in [2.24, 2.45) is 0 Å². The van der Waals surface area contributed by atoms with Gasteiger partial charge in [0.25, 0.3) is 0 Å². The van der Waals surface area contributed by atoms with Crippen LogP contribution in [0.1, 0.15) is 50.7 Å². The van der Waals surface area contributed by atoms with Gasteiger partial charge in [-0.05, 0) is 36.1 Å². The lowest BCUT2D eigenvalue weighted by Crippen LogP contribution is -2.50. The van der Waals surface area contributed by atoms with Gasteiger partial charge in [0.1, 0.15) is 6.04 Å². The van der Waals surface area contributed by atoms with E-state index < -0.39 is 6.04 Å². The van der Waals surface area contributed by atoms with Gasteiger partial charge in [0.15, 0.2) is 0 Å². The number of amides is 2. The third-order valence-electron chi connectivity index (χ3n) is 4.83. The molecule has 0 aliphatic rings. The molecule has 0 aliphatic carbocycles. The van der Waals surface area contributed by atoms with Gasteiger partial charge in [-0.25, -0.2) is 0 Å². The number of rotatable bonds is 11. The first kappa shape index (κ1) is 23.0. The second kappa shape index (κ2) is 12.3. The van der Waals surface area contributed by atoms with Crippen LogP contribution in [0, 0.1) is 0 Å². The Morgan fingerprint density at radius 3 is 2.28 bits per heavy atom. The molecule has 2 rings (SSSR count). The number of benzene rings is 2. The van der Waals surface area contributed by atoms with Gasteiger partial charge < -0.3 is 10.2 Å². The maximum Gasteiger partial charge on any atom is 0.243 e. The molecule has 4 nitrogen and oxygen atoms in total. The Hall–Kier alpha value is -2.33. The third kappa shape index (κ3) is 7.54. The summed E-state index contributed by atoms with van der Waals surface area (Å²) < 4.78 is 0. The predicted molar refractivity (Wildman–Crippen MR) is 119 cm³/mol. The summed E-state index contributed by atoms with van der Waals surface area (Å²) in [6, 6.07) is 16.7. The Morgan fingerprint density at radius 2 is 1.66 bits per heavy atom. The van der Waals surface area contributed by atoms with Crippen molar-refractivity contribution in [2.45, 2.75) is 58.5 Å². The minimum absolute atomic E-state index is 0.00553. The number of hydrogen-bond acceptors (Lipinski definition) is 2. The van der Waals surface area contributed by atoms with E-state index in [-0.39, 0.29) is 11.8 Å². The average molecular weight is 415 g/mol. The molecule has 1 atom stereocenters. The summed E-state index contributed by atoms with van der Waals surface area (Å²) in [5.74, 6) is -0.102. The Labute approximate surface area is 179 Å². The predicted octanol–water partition coefficient (Wildman–Crippen LogP) is 5.00. The highest BCUT2D eigenvalue weighted by molar-refractivity contribution is 6.30. The van der Waals surface area contributed by atoms with Crippen LogP contribution >= 0.6 is 11.6 Å². The molecule has 0 saturated heterocycles. The fourth-order valence-corrected chi connectivity index (χ4v) is 3.33. The molecule has 2 aromatic rings. The number of nitrogens with one attached hydrogen (secondary N) is 1. The average Bonchev–Trinajstić information content (AvgIpc) is 2.73. The minimum atomic E-state index is -0.552. The van der Waals surface area contributed by atoms with Crippen LogP contribution in [0.25, 0.3) is 0 Å². The lowest BCUT2D eigenvalue weighted by molar-refractivity contribution is -0.141. The molecule has 156 valence electrons. The van der Waals surface area contributed by atoms with Crippen molar-refractivity contribution < 1.29 is 9.59 Å². The van der Waals surface area contributed by atoms with E-state index in [1.165, 1.54) is 0 Å². The smallest absolute Gasteiger partial charge is 0.243 e. The van der Waals surface area contributed by atoms with Gasteiger partial charge in [-0.3, -0.25) is 9.59 Å². The summed E-state index contributed by atoms with van der Waals surface area (Å²) >= 11 is 6.01. The highest BCUT2D eigenvalue weighted by Gasteiger charge is 2.29. The number of halogens is 1. The second-order valence-corrected chi connectivity index (χ2v) is 7.68. The van der Waals surface area contributed by atoms with E-state index in [1.54, 1.807) is 4.90 Å². The van der Waals surface area contributed by atoms with Crippen LogP contribution in [0.5, 0.6) is 0 Å². The van der Waals surface area contributed by atoms with Gasteiger partial charge in [0.05, 0.1) is 0 Å². The van der Waals surface area contributed by atoms with Crippen LogP contribution in [-0.4, -0.2) is 29.3 Å². The van der Waals surface area contributed by atoms with Crippen molar-refractivity contribution in [2.75, 3.05) is 6.54 Å². The van der Waals surface area contributed by atoms with Crippen molar-refractivity contribution in [3.8, 4) is 0 Å². The first-order valence-corrected chi connectivity index (χ1v) is 10.8. The lowest BCUT2D eigenvalue weighted by atomic mass is 10.0. The van der Waals surface area contributed by atoms with E-state index in [2.05, 4.69) is 12.2 Å². The number of hydrogen-bond donors (Lipinski definition) is 1. The van der Waals surface area contributed by atoms with E-state index in [9.17, 15) is 9.59 Å². The molecule has 0 unspecified atom stereocenters. The maximum absolute atomic E-state index is 13.1. The number of carbonyl (C=O) groups excluding carboxylic acids is 2. The molecule has 2 amide bonds. The fraction of sp³-hybridized carbons (Fsp3) is 0.417. The number of carbonyl (C=O) groups is 2. The fourth-order valence-electron chi connectivity index (χ4n) is 3.20. The molecule has 0 saturated carbocycles. The molecule has 0 bridgehead atoms. The topological polar surface area (TPSA) is 49.4 Å². The molecule has 0 aromatic heterocycles. The van der Waals surface area contributed by atoms with Crippen molar-refractivity contribution in [3.05, 3.63) is 70.7 Å². The van der Waals surface area contributed by atoms with E-state index in [0.29, 0.717) is 31.0 Å². The first-order valence-electron chi connectivity index (χ1n) is 10.4. The number of nitrogens with zero attached hydrogens (tertiary/aromatic N) is 1. The van der Waals surface area contributed by atoms with Crippen LogP contribution in [0.4, 0.5) is 0 Å². The molecule has 0 aliphatic heterocycles. The van der Waals surface area contributed by atoms with Gasteiger partial charge in [0.2, 0.25) is 11.8 Å². The lowest BCUT2D eigenvalue weighted by Gasteiger charge is -2.31. The SMILES string of the molecule is CCCCNC(=O)[C@@H](Cc1ccccc1)N(Cc1ccc(Cl)cc1)C(=O)CCC. The van der Waals surface area contributed by atoms with Crippen LogP contribution in [0.15, 0.2) is 54.6 Å². The van der Waals surface area contributed by atoms with Gasteiger partial charge in [-0.15, -0.1) is 0 Å². The summed E-state index contributed by atoms with van der Waals surface area (Å²) in [4.78, 5) is 27.8. The molecule has 0 spiro atoms. The van der Waals surface area contributed by atoms with Gasteiger partial charge >= 0.3 is 0 Å². The van der Waals surface area contributed by atoms with E-state index in [0.717, 1.165) is 30.4 Å². The highest BCUT2D eigenvalue weighted by atomic mass is 35.5. The van der Waals surface area contributed by atoms with Crippen LogP contribution < -0.4 is 5.32 Å². The summed E-state index contributed by atoms with van der Waals surface area (Å²) in [5.41, 5.74) is 1.99. The summed E-state index contributed by atoms with van der Waals surface area (Å²) in [5, 5.41) is 3.67. The molecule has 5 heteroatoms. The van der Waals surface area contributed by atoms with Crippen LogP contribution in [0.3, 0.4) is 0 Å². The van der Waals surface area contributed by atoms with E-state index in [1.807, 2.05) is 61.5 Å². The van der Waals surface area contributed by atoms with E-state index >= 15 is 0 Å². The largest absolute Gasteiger partial charge is 0.354 e. The monoisotopic (exact) mass is 414 g/mol. The number of unbranched alkanes of at least 4 members (excludes halogenated alkanes) is 1. The van der Waals surface area contributed by atoms with Crippen molar-refractivity contribution in [1.82, 2.24) is 10.2 Å². The van der Waals surface area contributed by atoms with Crippen molar-refractivity contribution in [1.29, 1.82) is 0 Å². The molecule has 0 heterocycles. The zero-order valence-corrected chi connectivity index (χ0v) is 18.1. The Bertz CT molecular complexity index is 762. The zero-order chi connectivity index (χ0) is 21.1. The van der Waals surface area contributed by atoms with E-state index in [4.69, 9.17) is 11.6 Å². The molecule has 0 fully saturated rings. The molecule has 29 heavy (non-hydrogen) atoms. The van der Waals surface area contributed by atoms with Gasteiger partial charge in [0, 0.05) is 31.0 Å². The summed E-state index contributed by atoms with van der Waals surface area (Å²) in [6.07, 6.45) is 3.57. The Kier molecular flexibility index (Phi) is 9.72. The Balaban J connectivity index is 2.30. The Morgan fingerprint density at radius 1 is 0.966 bits per heavy atom. The highest BCUT2D eigenvalue weighted by Crippen LogP contribution is 2.18. The van der Waals surface area contributed by atoms with Gasteiger partial charge in [-0.1, -0.05) is 74.3 Å². The zero-order valence-electron chi connectivity index (χ0n) is 17.4. The molecule has 2 aromatic carbocycles. The first-order chi connectivity index (χ1) is 14.0. The molecular weight excluding hydrogens is 384 g/mol. The van der Waals surface area contributed by atoms with Crippen LogP contribution in [-0.2, 0) is 22.6 Å². The molecular formula is C24H31ClN2O2. The standard InChI is InChI=1S/C24H31ClN2O2/c1-3-5-16-26-24(29)22(17-19-10-7-6-8-11-19)27(23(28)9-4-2)18-20-12-14-21(25)15-13-20/h6-8,10-15,22H,3-5,9,16-18H2,1-2H3,(H,26,29)/t22-/m1/s1. The quantitative estimate of drug-likeness (QED) is 0.526. The summed E-state index contributed by atoms with van der Waals surface area (Å²) in [7, 11) is 0. The molecule has 1 N–H and O–H groups in total. The minimum Gasteiger partial charge on any atom is -0.354 e. The normalized spacial score (nSPS) is 11.7. The van der Waals surface area contributed by atoms with Crippen molar-refractivity contribution in [3.63, 3.8) is 0 Å². The summed E-state index contributed by atoms with van der Waals surface area (Å²) in [6.45, 7) is 5.07. The van der Waals surface area contributed by atoms with Gasteiger partial charge in [-0.2, -0.15) is 0 Å². The third-order valence-corrected chi connectivity index (χ3v) is 5.08.